The highest BCUT2D eigenvalue weighted by atomic mass is 35.5. The average Bonchev–Trinajstić information content (AvgIpc) is 2.88. The van der Waals surface area contributed by atoms with E-state index in [1.165, 1.54) is 40.1 Å². The summed E-state index contributed by atoms with van der Waals surface area (Å²) in [4.78, 5) is 15.1. The summed E-state index contributed by atoms with van der Waals surface area (Å²) >= 11 is 5.73. The van der Waals surface area contributed by atoms with E-state index in [9.17, 15) is 9.18 Å². The van der Waals surface area contributed by atoms with Gasteiger partial charge < -0.3 is 9.64 Å². The summed E-state index contributed by atoms with van der Waals surface area (Å²) in [5.74, 6) is 0.698. The van der Waals surface area contributed by atoms with E-state index in [2.05, 4.69) is 53.5 Å². The van der Waals surface area contributed by atoms with Gasteiger partial charge in [0.1, 0.15) is 5.82 Å². The lowest BCUT2D eigenvalue weighted by atomic mass is 9.76. The number of rotatable bonds is 7. The van der Waals surface area contributed by atoms with E-state index in [0.717, 1.165) is 50.0 Å². The van der Waals surface area contributed by atoms with Crippen molar-refractivity contribution in [1.29, 1.82) is 0 Å². The second-order valence-corrected chi connectivity index (χ2v) is 10.2. The summed E-state index contributed by atoms with van der Waals surface area (Å²) in [5.41, 5.74) is 8.02. The fourth-order valence-corrected chi connectivity index (χ4v) is 5.76. The van der Waals surface area contributed by atoms with Gasteiger partial charge in [-0.3, -0.25) is 5.32 Å². The van der Waals surface area contributed by atoms with Crippen molar-refractivity contribution in [3.63, 3.8) is 0 Å². The third-order valence-electron chi connectivity index (χ3n) is 7.37. The van der Waals surface area contributed by atoms with Gasteiger partial charge in [0, 0.05) is 42.2 Å². The Morgan fingerprint density at radius 1 is 0.972 bits per heavy atom. The van der Waals surface area contributed by atoms with Gasteiger partial charge in [0.25, 0.3) is 0 Å². The molecule has 36 heavy (non-hydrogen) atoms. The summed E-state index contributed by atoms with van der Waals surface area (Å²) in [6.07, 6.45) is 3.06. The zero-order valence-corrected chi connectivity index (χ0v) is 21.4. The van der Waals surface area contributed by atoms with Crippen LogP contribution in [0, 0.1) is 12.7 Å². The number of nitrogens with zero attached hydrogens (tertiary/aromatic N) is 1. The molecular formula is C30H32ClFN2O2. The van der Waals surface area contributed by atoms with Crippen LogP contribution in [-0.4, -0.2) is 31.7 Å². The molecule has 0 spiro atoms. The van der Waals surface area contributed by atoms with Crippen LogP contribution in [-0.2, 0) is 4.74 Å². The summed E-state index contributed by atoms with van der Waals surface area (Å²) in [5, 5.41) is 2.97. The summed E-state index contributed by atoms with van der Waals surface area (Å²) < 4.78 is 19.1. The standard InChI is InChI=1S/C30H32ClFN2O2/c1-20-4-6-21(7-5-20)25-12-15-34-16-13-26(22-8-10-23(32)11-9-22)28-19-24(18-27(25)29(28)34)33-30(35)36-17-3-2-14-31/h4-11,18-19,25-26H,2-3,12-17H2,1H3,(H,33,35)/t25-,26-/m0/s1. The van der Waals surface area contributed by atoms with E-state index >= 15 is 0 Å². The summed E-state index contributed by atoms with van der Waals surface area (Å²) in [6.45, 7) is 4.39. The molecule has 0 saturated carbocycles. The molecule has 5 rings (SSSR count). The first kappa shape index (κ1) is 24.6. The molecule has 3 aromatic carbocycles. The highest BCUT2D eigenvalue weighted by Crippen LogP contribution is 2.49. The number of hydrogen-bond donors (Lipinski definition) is 1. The molecule has 2 atom stereocenters. The number of carbonyl (C=O) groups excluding carboxylic acids is 1. The van der Waals surface area contributed by atoms with Gasteiger partial charge in [0.2, 0.25) is 0 Å². The van der Waals surface area contributed by atoms with Gasteiger partial charge in [-0.1, -0.05) is 42.0 Å². The minimum Gasteiger partial charge on any atom is -0.449 e. The number of nitrogens with one attached hydrogen (secondary N) is 1. The molecule has 0 saturated heterocycles. The van der Waals surface area contributed by atoms with Gasteiger partial charge in [-0.05, 0) is 79.1 Å². The number of aryl methyl sites for hydroxylation is 1. The van der Waals surface area contributed by atoms with Gasteiger partial charge >= 0.3 is 6.09 Å². The molecule has 4 nitrogen and oxygen atoms in total. The van der Waals surface area contributed by atoms with Crippen molar-refractivity contribution in [1.82, 2.24) is 0 Å². The second kappa shape index (κ2) is 10.9. The Hall–Kier alpha value is -3.05. The molecule has 6 heteroatoms. The number of hydrogen-bond acceptors (Lipinski definition) is 3. The SMILES string of the molecule is Cc1ccc([C@@H]2CCN3CC[C@@H](c4ccc(F)cc4)c4cc(NC(=O)OCCCCCl)cc2c43)cc1. The Kier molecular flexibility index (Phi) is 7.47. The van der Waals surface area contributed by atoms with Crippen molar-refractivity contribution in [2.24, 2.45) is 0 Å². The Labute approximate surface area is 217 Å². The lowest BCUT2D eigenvalue weighted by Gasteiger charge is -2.43. The number of unbranched alkanes of at least 4 members (excludes halogenated alkanes) is 1. The van der Waals surface area contributed by atoms with Crippen molar-refractivity contribution in [2.75, 3.05) is 35.8 Å². The topological polar surface area (TPSA) is 41.6 Å². The van der Waals surface area contributed by atoms with Crippen LogP contribution in [0.15, 0.2) is 60.7 Å². The first-order valence-corrected chi connectivity index (χ1v) is 13.3. The number of alkyl halides is 1. The van der Waals surface area contributed by atoms with Gasteiger partial charge in [-0.25, -0.2) is 9.18 Å². The summed E-state index contributed by atoms with van der Waals surface area (Å²) in [7, 11) is 0. The van der Waals surface area contributed by atoms with Crippen LogP contribution >= 0.6 is 11.6 Å². The molecule has 1 N–H and O–H groups in total. The molecule has 2 aliphatic rings. The normalized spacial score (nSPS) is 18.5. The molecule has 0 radical (unpaired) electrons. The lowest BCUT2D eigenvalue weighted by Crippen LogP contribution is -2.37. The highest BCUT2D eigenvalue weighted by molar-refractivity contribution is 6.17. The van der Waals surface area contributed by atoms with E-state index < -0.39 is 6.09 Å². The molecule has 0 bridgehead atoms. The number of ether oxygens (including phenoxy) is 1. The maximum Gasteiger partial charge on any atom is 0.411 e. The molecule has 0 aromatic heterocycles. The molecular weight excluding hydrogens is 475 g/mol. The van der Waals surface area contributed by atoms with Gasteiger partial charge in [0.05, 0.1) is 6.61 Å². The zero-order chi connectivity index (χ0) is 25.1. The Bertz CT molecular complexity index is 1130. The average molecular weight is 507 g/mol. The minimum atomic E-state index is -0.453. The van der Waals surface area contributed by atoms with Crippen LogP contribution in [0.2, 0.25) is 0 Å². The Balaban J connectivity index is 1.54. The second-order valence-electron chi connectivity index (χ2n) is 9.79. The Morgan fingerprint density at radius 3 is 2.14 bits per heavy atom. The number of benzene rings is 3. The molecule has 2 heterocycles. The fourth-order valence-electron chi connectivity index (χ4n) is 5.57. The number of carbonyl (C=O) groups is 1. The maximum absolute atomic E-state index is 13.7. The van der Waals surface area contributed by atoms with E-state index in [0.29, 0.717) is 12.5 Å². The smallest absolute Gasteiger partial charge is 0.411 e. The maximum atomic E-state index is 13.7. The number of anilines is 2. The van der Waals surface area contributed by atoms with Crippen LogP contribution in [0.3, 0.4) is 0 Å². The lowest BCUT2D eigenvalue weighted by molar-refractivity contribution is 0.160. The van der Waals surface area contributed by atoms with Gasteiger partial charge in [-0.2, -0.15) is 0 Å². The van der Waals surface area contributed by atoms with Gasteiger partial charge in [0.15, 0.2) is 0 Å². The van der Waals surface area contributed by atoms with E-state index in [4.69, 9.17) is 16.3 Å². The van der Waals surface area contributed by atoms with Crippen molar-refractivity contribution in [3.8, 4) is 0 Å². The molecule has 2 aliphatic heterocycles. The van der Waals surface area contributed by atoms with Crippen molar-refractivity contribution < 1.29 is 13.9 Å². The molecule has 0 fully saturated rings. The molecule has 3 aromatic rings. The first-order chi connectivity index (χ1) is 17.5. The van der Waals surface area contributed by atoms with Crippen LogP contribution in [0.1, 0.15) is 65.3 Å². The predicted octanol–water partition coefficient (Wildman–Crippen LogP) is 7.58. The number of amides is 1. The minimum absolute atomic E-state index is 0.133. The summed E-state index contributed by atoms with van der Waals surface area (Å²) in [6, 6.07) is 19.8. The van der Waals surface area contributed by atoms with Crippen LogP contribution < -0.4 is 10.2 Å². The van der Waals surface area contributed by atoms with E-state index in [1.54, 1.807) is 0 Å². The first-order valence-electron chi connectivity index (χ1n) is 12.8. The largest absolute Gasteiger partial charge is 0.449 e. The van der Waals surface area contributed by atoms with E-state index in [-0.39, 0.29) is 17.7 Å². The van der Waals surface area contributed by atoms with Crippen molar-refractivity contribution in [2.45, 2.75) is 44.4 Å². The van der Waals surface area contributed by atoms with Crippen LogP contribution in [0.5, 0.6) is 0 Å². The zero-order valence-electron chi connectivity index (χ0n) is 20.6. The monoisotopic (exact) mass is 506 g/mol. The number of halogens is 2. The van der Waals surface area contributed by atoms with Crippen LogP contribution in [0.4, 0.5) is 20.6 Å². The molecule has 0 aliphatic carbocycles. The highest BCUT2D eigenvalue weighted by Gasteiger charge is 2.35. The third-order valence-corrected chi connectivity index (χ3v) is 7.64. The molecule has 0 unspecified atom stereocenters. The van der Waals surface area contributed by atoms with E-state index in [1.807, 2.05) is 12.1 Å². The molecule has 188 valence electrons. The van der Waals surface area contributed by atoms with Crippen molar-refractivity contribution in [3.05, 3.63) is 94.3 Å². The molecule has 1 amide bonds. The van der Waals surface area contributed by atoms with Crippen LogP contribution in [0.25, 0.3) is 0 Å². The third kappa shape index (κ3) is 5.22. The Morgan fingerprint density at radius 2 is 1.56 bits per heavy atom. The quantitative estimate of drug-likeness (QED) is 0.265. The fraction of sp³-hybridized carbons (Fsp3) is 0.367. The predicted molar refractivity (Wildman–Crippen MR) is 144 cm³/mol. The van der Waals surface area contributed by atoms with Crippen molar-refractivity contribution >= 4 is 29.1 Å². The van der Waals surface area contributed by atoms with Gasteiger partial charge in [-0.15, -0.1) is 11.6 Å².